The number of hydrogen-bond donors (Lipinski definition) is 2. The summed E-state index contributed by atoms with van der Waals surface area (Å²) < 4.78 is 18.2. The maximum Gasteiger partial charge on any atom is 0.409 e. The number of nitrogens with one attached hydrogen (secondary N) is 2. The summed E-state index contributed by atoms with van der Waals surface area (Å²) in [6.07, 6.45) is 1.42. The van der Waals surface area contributed by atoms with Crippen molar-refractivity contribution in [1.82, 2.24) is 15.5 Å². The molecule has 0 spiro atoms. The summed E-state index contributed by atoms with van der Waals surface area (Å²) in [5.74, 6) is 0.428. The normalized spacial score (nSPS) is 16.0. The van der Waals surface area contributed by atoms with Crippen LogP contribution in [0.2, 0.25) is 0 Å². The van der Waals surface area contributed by atoms with Gasteiger partial charge in [-0.05, 0) is 37.5 Å². The molecule has 0 atom stereocenters. The standard InChI is InChI=1S/C17H25FN4O2/c1-3-24-17(23)22-9-7-15(8-10-22)21-16(19-2)20-12-13-5-4-6-14(18)11-13/h4-6,11,15H,3,7-10,12H2,1-2H3,(H2,19,20,21). The molecule has 132 valence electrons. The summed E-state index contributed by atoms with van der Waals surface area (Å²) in [7, 11) is 1.70. The van der Waals surface area contributed by atoms with Crippen LogP contribution in [0.5, 0.6) is 0 Å². The zero-order valence-corrected chi connectivity index (χ0v) is 14.2. The van der Waals surface area contributed by atoms with E-state index in [4.69, 9.17) is 4.74 Å². The highest BCUT2D eigenvalue weighted by Crippen LogP contribution is 2.11. The number of rotatable bonds is 4. The van der Waals surface area contributed by atoms with Crippen molar-refractivity contribution in [2.45, 2.75) is 32.4 Å². The molecule has 1 amide bonds. The second kappa shape index (κ2) is 9.10. The molecule has 0 bridgehead atoms. The summed E-state index contributed by atoms with van der Waals surface area (Å²) in [5, 5.41) is 6.53. The first-order valence-electron chi connectivity index (χ1n) is 8.25. The topological polar surface area (TPSA) is 66.0 Å². The number of likely N-dealkylation sites (tertiary alicyclic amines) is 1. The van der Waals surface area contributed by atoms with Gasteiger partial charge in [-0.1, -0.05) is 12.1 Å². The van der Waals surface area contributed by atoms with E-state index < -0.39 is 0 Å². The van der Waals surface area contributed by atoms with Crippen LogP contribution in [0.4, 0.5) is 9.18 Å². The number of benzene rings is 1. The Kier molecular flexibility index (Phi) is 6.84. The number of carbonyl (C=O) groups excluding carboxylic acids is 1. The van der Waals surface area contributed by atoms with E-state index >= 15 is 0 Å². The predicted molar refractivity (Wildman–Crippen MR) is 91.4 cm³/mol. The van der Waals surface area contributed by atoms with Gasteiger partial charge in [0, 0.05) is 32.7 Å². The number of guanidine groups is 1. The molecule has 0 unspecified atom stereocenters. The third kappa shape index (κ3) is 5.40. The Morgan fingerprint density at radius 1 is 1.42 bits per heavy atom. The Morgan fingerprint density at radius 2 is 2.17 bits per heavy atom. The molecule has 6 nitrogen and oxygen atoms in total. The second-order valence-corrected chi connectivity index (χ2v) is 5.66. The Morgan fingerprint density at radius 3 is 2.79 bits per heavy atom. The first-order valence-corrected chi connectivity index (χ1v) is 8.25. The minimum absolute atomic E-state index is 0.245. The number of ether oxygens (including phenoxy) is 1. The van der Waals surface area contributed by atoms with Gasteiger partial charge in [0.15, 0.2) is 5.96 Å². The highest BCUT2D eigenvalue weighted by molar-refractivity contribution is 5.80. The van der Waals surface area contributed by atoms with Gasteiger partial charge >= 0.3 is 6.09 Å². The van der Waals surface area contributed by atoms with E-state index in [0.717, 1.165) is 18.4 Å². The first kappa shape index (κ1) is 18.0. The number of amides is 1. The maximum absolute atomic E-state index is 13.2. The fraction of sp³-hybridized carbons (Fsp3) is 0.529. The molecule has 1 aliphatic heterocycles. The SMILES string of the molecule is CCOC(=O)N1CCC(NC(=NC)NCc2cccc(F)c2)CC1. The summed E-state index contributed by atoms with van der Waals surface area (Å²) in [6, 6.07) is 6.72. The molecule has 1 aromatic rings. The highest BCUT2D eigenvalue weighted by Gasteiger charge is 2.23. The molecule has 2 rings (SSSR count). The van der Waals surface area contributed by atoms with Gasteiger partial charge in [0.2, 0.25) is 0 Å². The molecule has 1 fully saturated rings. The van der Waals surface area contributed by atoms with Gasteiger partial charge in [0.1, 0.15) is 5.82 Å². The van der Waals surface area contributed by atoms with Gasteiger partial charge in [-0.3, -0.25) is 4.99 Å². The van der Waals surface area contributed by atoms with E-state index in [-0.39, 0.29) is 18.0 Å². The average Bonchev–Trinajstić information content (AvgIpc) is 2.59. The Bertz CT molecular complexity index is 571. The van der Waals surface area contributed by atoms with Crippen LogP contribution in [0, 0.1) is 5.82 Å². The molecular weight excluding hydrogens is 311 g/mol. The third-order valence-corrected chi connectivity index (χ3v) is 3.93. The summed E-state index contributed by atoms with van der Waals surface area (Å²) in [5.41, 5.74) is 0.857. The van der Waals surface area contributed by atoms with Gasteiger partial charge in [-0.2, -0.15) is 0 Å². The lowest BCUT2D eigenvalue weighted by atomic mass is 10.1. The molecule has 24 heavy (non-hydrogen) atoms. The summed E-state index contributed by atoms with van der Waals surface area (Å²) in [6.45, 7) is 4.03. The van der Waals surface area contributed by atoms with E-state index in [9.17, 15) is 9.18 Å². The van der Waals surface area contributed by atoms with Gasteiger partial charge in [0.05, 0.1) is 6.61 Å². The highest BCUT2D eigenvalue weighted by atomic mass is 19.1. The largest absolute Gasteiger partial charge is 0.450 e. The van der Waals surface area contributed by atoms with Crippen molar-refractivity contribution in [3.8, 4) is 0 Å². The zero-order chi connectivity index (χ0) is 17.4. The van der Waals surface area contributed by atoms with Crippen molar-refractivity contribution in [2.24, 2.45) is 4.99 Å². The number of nitrogens with zero attached hydrogens (tertiary/aromatic N) is 2. The van der Waals surface area contributed by atoms with Crippen LogP contribution in [0.25, 0.3) is 0 Å². The van der Waals surface area contributed by atoms with Crippen LogP contribution in [0.1, 0.15) is 25.3 Å². The van der Waals surface area contributed by atoms with Crippen LogP contribution < -0.4 is 10.6 Å². The lowest BCUT2D eigenvalue weighted by Gasteiger charge is -2.32. The van der Waals surface area contributed by atoms with Crippen molar-refractivity contribution in [3.63, 3.8) is 0 Å². The molecular formula is C17H25FN4O2. The van der Waals surface area contributed by atoms with Crippen LogP contribution in [-0.2, 0) is 11.3 Å². The lowest BCUT2D eigenvalue weighted by molar-refractivity contribution is 0.0963. The minimum atomic E-state index is -0.247. The van der Waals surface area contributed by atoms with Gasteiger partial charge in [-0.25, -0.2) is 9.18 Å². The van der Waals surface area contributed by atoms with Crippen LogP contribution in [0.15, 0.2) is 29.3 Å². The van der Waals surface area contributed by atoms with E-state index in [0.29, 0.717) is 32.2 Å². The van der Waals surface area contributed by atoms with E-state index in [2.05, 4.69) is 15.6 Å². The molecule has 1 saturated heterocycles. The van der Waals surface area contributed by atoms with Crippen molar-refractivity contribution in [3.05, 3.63) is 35.6 Å². The van der Waals surface area contributed by atoms with Crippen molar-refractivity contribution in [2.75, 3.05) is 26.7 Å². The number of piperidine rings is 1. The number of hydrogen-bond acceptors (Lipinski definition) is 3. The first-order chi connectivity index (χ1) is 11.6. The molecule has 1 aromatic carbocycles. The Balaban J connectivity index is 1.77. The maximum atomic E-state index is 13.2. The summed E-state index contributed by atoms with van der Waals surface area (Å²) in [4.78, 5) is 17.6. The Hall–Kier alpha value is -2.31. The van der Waals surface area contributed by atoms with Crippen LogP contribution in [-0.4, -0.2) is 49.7 Å². The fourth-order valence-electron chi connectivity index (χ4n) is 2.64. The number of halogens is 1. The van der Waals surface area contributed by atoms with Crippen molar-refractivity contribution >= 4 is 12.1 Å². The molecule has 1 heterocycles. The average molecular weight is 336 g/mol. The van der Waals surface area contributed by atoms with E-state index in [1.807, 2.05) is 6.07 Å². The Labute approximate surface area is 142 Å². The van der Waals surface area contributed by atoms with Crippen molar-refractivity contribution in [1.29, 1.82) is 0 Å². The fourth-order valence-corrected chi connectivity index (χ4v) is 2.64. The zero-order valence-electron chi connectivity index (χ0n) is 14.2. The number of carbonyl (C=O) groups is 1. The molecule has 7 heteroatoms. The molecule has 1 aliphatic rings. The third-order valence-electron chi connectivity index (χ3n) is 3.93. The number of aliphatic imine (C=N–C) groups is 1. The predicted octanol–water partition coefficient (Wildman–Crippen LogP) is 2.11. The van der Waals surface area contributed by atoms with Gasteiger partial charge in [0.25, 0.3) is 0 Å². The van der Waals surface area contributed by atoms with Crippen LogP contribution >= 0.6 is 0 Å². The molecule has 0 radical (unpaired) electrons. The monoisotopic (exact) mass is 336 g/mol. The van der Waals surface area contributed by atoms with E-state index in [1.165, 1.54) is 12.1 Å². The molecule has 0 saturated carbocycles. The molecule has 2 N–H and O–H groups in total. The lowest BCUT2D eigenvalue weighted by Crippen LogP contribution is -2.49. The van der Waals surface area contributed by atoms with Crippen molar-refractivity contribution < 1.29 is 13.9 Å². The second-order valence-electron chi connectivity index (χ2n) is 5.66. The van der Waals surface area contributed by atoms with Crippen LogP contribution in [0.3, 0.4) is 0 Å². The van der Waals surface area contributed by atoms with Gasteiger partial charge < -0.3 is 20.3 Å². The molecule has 0 aromatic heterocycles. The van der Waals surface area contributed by atoms with E-state index in [1.54, 1.807) is 24.9 Å². The minimum Gasteiger partial charge on any atom is -0.450 e. The quantitative estimate of drug-likeness (QED) is 0.653. The molecule has 0 aliphatic carbocycles. The summed E-state index contributed by atoms with van der Waals surface area (Å²) >= 11 is 0. The van der Waals surface area contributed by atoms with Gasteiger partial charge in [-0.15, -0.1) is 0 Å². The smallest absolute Gasteiger partial charge is 0.409 e.